The van der Waals surface area contributed by atoms with Crippen LogP contribution in [0.3, 0.4) is 0 Å². The molecule has 6 nitrogen and oxygen atoms in total. The molecule has 3 aromatic carbocycles. The zero-order valence-electron chi connectivity index (χ0n) is 17.4. The Bertz CT molecular complexity index is 1150. The maximum absolute atomic E-state index is 13.1. The SMILES string of the molecule is Cc1ccc2c(c1)N(C)C(=O)c1cc(NC(=O)c3cccc(N(C)C)c3)ccc1O2. The lowest BCUT2D eigenvalue weighted by molar-refractivity contribution is 0.0990. The molecule has 0 saturated heterocycles. The van der Waals surface area contributed by atoms with Crippen molar-refractivity contribution < 1.29 is 14.3 Å². The molecule has 6 heteroatoms. The minimum atomic E-state index is -0.243. The van der Waals surface area contributed by atoms with Crippen LogP contribution in [0.1, 0.15) is 26.3 Å². The number of carbonyl (C=O) groups is 2. The fraction of sp³-hybridized carbons (Fsp3) is 0.167. The first-order chi connectivity index (χ1) is 14.3. The standard InChI is InChI=1S/C24H23N3O3/c1-15-8-10-22-20(12-15)27(4)24(29)19-14-17(9-11-21(19)30-22)25-23(28)16-6-5-7-18(13-16)26(2)3/h5-14H,1-4H3,(H,25,28). The number of benzene rings is 3. The van der Waals surface area contributed by atoms with Crippen LogP contribution in [0.25, 0.3) is 0 Å². The summed E-state index contributed by atoms with van der Waals surface area (Å²) in [6.45, 7) is 1.97. The van der Waals surface area contributed by atoms with E-state index in [0.29, 0.717) is 34.0 Å². The van der Waals surface area contributed by atoms with Gasteiger partial charge in [-0.05, 0) is 61.0 Å². The molecule has 0 radical (unpaired) electrons. The fourth-order valence-corrected chi connectivity index (χ4v) is 3.38. The number of amides is 2. The number of aryl methyl sites for hydroxylation is 1. The smallest absolute Gasteiger partial charge is 0.261 e. The molecule has 0 spiro atoms. The van der Waals surface area contributed by atoms with Crippen LogP contribution < -0.4 is 19.9 Å². The van der Waals surface area contributed by atoms with E-state index in [4.69, 9.17) is 4.74 Å². The lowest BCUT2D eigenvalue weighted by atomic mass is 10.1. The van der Waals surface area contributed by atoms with Crippen LogP contribution in [0.15, 0.2) is 60.7 Å². The summed E-state index contributed by atoms with van der Waals surface area (Å²) in [6.07, 6.45) is 0. The third-order valence-corrected chi connectivity index (χ3v) is 5.09. The van der Waals surface area contributed by atoms with Crippen molar-refractivity contribution in [1.82, 2.24) is 0 Å². The first kappa shape index (κ1) is 19.5. The molecule has 0 fully saturated rings. The molecule has 3 aromatic rings. The number of carbonyl (C=O) groups excluding carboxylic acids is 2. The van der Waals surface area contributed by atoms with Gasteiger partial charge in [0.1, 0.15) is 5.75 Å². The number of fused-ring (bicyclic) bond motifs is 2. The molecule has 0 aliphatic carbocycles. The zero-order chi connectivity index (χ0) is 21.4. The third kappa shape index (κ3) is 3.59. The van der Waals surface area contributed by atoms with Crippen LogP contribution in [0.4, 0.5) is 17.1 Å². The minimum absolute atomic E-state index is 0.194. The summed E-state index contributed by atoms with van der Waals surface area (Å²) in [5, 5.41) is 2.88. The Labute approximate surface area is 175 Å². The lowest BCUT2D eigenvalue weighted by Crippen LogP contribution is -2.25. The highest BCUT2D eigenvalue weighted by atomic mass is 16.5. The van der Waals surface area contributed by atoms with Crippen molar-refractivity contribution in [2.45, 2.75) is 6.92 Å². The van der Waals surface area contributed by atoms with Gasteiger partial charge in [-0.2, -0.15) is 0 Å². The number of rotatable bonds is 3. The van der Waals surface area contributed by atoms with Gasteiger partial charge in [0.05, 0.1) is 11.3 Å². The van der Waals surface area contributed by atoms with Crippen molar-refractivity contribution in [3.63, 3.8) is 0 Å². The van der Waals surface area contributed by atoms with E-state index in [1.165, 1.54) is 0 Å². The van der Waals surface area contributed by atoms with Crippen LogP contribution in [0.2, 0.25) is 0 Å². The molecule has 0 atom stereocenters. The van der Waals surface area contributed by atoms with Gasteiger partial charge in [0.2, 0.25) is 0 Å². The fourth-order valence-electron chi connectivity index (χ4n) is 3.38. The molecular formula is C24H23N3O3. The number of nitrogens with zero attached hydrogens (tertiary/aromatic N) is 2. The Morgan fingerprint density at radius 3 is 2.53 bits per heavy atom. The molecule has 0 unspecified atom stereocenters. The molecule has 0 saturated carbocycles. The van der Waals surface area contributed by atoms with Gasteiger partial charge in [0, 0.05) is 38.1 Å². The molecule has 1 N–H and O–H groups in total. The predicted molar refractivity (Wildman–Crippen MR) is 119 cm³/mol. The highest BCUT2D eigenvalue weighted by Crippen LogP contribution is 2.39. The summed E-state index contributed by atoms with van der Waals surface area (Å²) in [5.74, 6) is 0.641. The van der Waals surface area contributed by atoms with Crippen LogP contribution in [0, 0.1) is 6.92 Å². The third-order valence-electron chi connectivity index (χ3n) is 5.09. The quantitative estimate of drug-likeness (QED) is 0.691. The van der Waals surface area contributed by atoms with Gasteiger partial charge in [-0.15, -0.1) is 0 Å². The minimum Gasteiger partial charge on any atom is -0.454 e. The van der Waals surface area contributed by atoms with Gasteiger partial charge in [-0.3, -0.25) is 9.59 Å². The summed E-state index contributed by atoms with van der Waals surface area (Å²) in [7, 11) is 5.56. The maximum Gasteiger partial charge on any atom is 0.261 e. The van der Waals surface area contributed by atoms with Gasteiger partial charge < -0.3 is 19.9 Å². The van der Waals surface area contributed by atoms with E-state index in [1.807, 2.05) is 62.3 Å². The Balaban J connectivity index is 1.64. The average Bonchev–Trinajstić information content (AvgIpc) is 2.83. The number of nitrogens with one attached hydrogen (secondary N) is 1. The van der Waals surface area contributed by atoms with Gasteiger partial charge >= 0.3 is 0 Å². The monoisotopic (exact) mass is 401 g/mol. The Morgan fingerprint density at radius 1 is 1.00 bits per heavy atom. The lowest BCUT2D eigenvalue weighted by Gasteiger charge is -2.17. The van der Waals surface area contributed by atoms with Crippen LogP contribution in [-0.4, -0.2) is 33.0 Å². The van der Waals surface area contributed by atoms with Crippen LogP contribution in [-0.2, 0) is 0 Å². The Morgan fingerprint density at radius 2 is 1.77 bits per heavy atom. The summed E-state index contributed by atoms with van der Waals surface area (Å²) in [5.41, 5.74) is 4.15. The summed E-state index contributed by atoms with van der Waals surface area (Å²) in [6, 6.07) is 18.2. The van der Waals surface area contributed by atoms with Gasteiger partial charge in [-0.1, -0.05) is 12.1 Å². The molecule has 2 amide bonds. The first-order valence-electron chi connectivity index (χ1n) is 9.63. The van der Waals surface area contributed by atoms with E-state index >= 15 is 0 Å². The number of hydrogen-bond acceptors (Lipinski definition) is 4. The number of hydrogen-bond donors (Lipinski definition) is 1. The van der Waals surface area contributed by atoms with Gasteiger partial charge in [0.25, 0.3) is 11.8 Å². The largest absolute Gasteiger partial charge is 0.454 e. The average molecular weight is 401 g/mol. The summed E-state index contributed by atoms with van der Waals surface area (Å²) >= 11 is 0. The molecule has 152 valence electrons. The van der Waals surface area contributed by atoms with Gasteiger partial charge in [-0.25, -0.2) is 0 Å². The zero-order valence-corrected chi connectivity index (χ0v) is 17.4. The van der Waals surface area contributed by atoms with Crippen molar-refractivity contribution in [3.8, 4) is 11.5 Å². The second kappa shape index (κ2) is 7.55. The Hall–Kier alpha value is -3.80. The van der Waals surface area contributed by atoms with Crippen molar-refractivity contribution in [2.24, 2.45) is 0 Å². The van der Waals surface area contributed by atoms with Crippen molar-refractivity contribution in [2.75, 3.05) is 36.3 Å². The molecule has 0 bridgehead atoms. The second-order valence-corrected chi connectivity index (χ2v) is 7.55. The topological polar surface area (TPSA) is 61.9 Å². The first-order valence-corrected chi connectivity index (χ1v) is 9.63. The summed E-state index contributed by atoms with van der Waals surface area (Å²) in [4.78, 5) is 29.3. The molecule has 1 heterocycles. The van der Waals surface area contributed by atoms with Crippen molar-refractivity contribution in [3.05, 3.63) is 77.4 Å². The normalized spacial score (nSPS) is 12.4. The van der Waals surface area contributed by atoms with E-state index in [9.17, 15) is 9.59 Å². The van der Waals surface area contributed by atoms with E-state index in [1.54, 1.807) is 36.2 Å². The van der Waals surface area contributed by atoms with E-state index in [2.05, 4.69) is 5.32 Å². The second-order valence-electron chi connectivity index (χ2n) is 7.55. The van der Waals surface area contributed by atoms with Gasteiger partial charge in [0.15, 0.2) is 5.75 Å². The molecule has 1 aliphatic heterocycles. The van der Waals surface area contributed by atoms with Crippen LogP contribution >= 0.6 is 0 Å². The maximum atomic E-state index is 13.1. The predicted octanol–water partition coefficient (Wildman–Crippen LogP) is 4.70. The molecular weight excluding hydrogens is 378 g/mol. The molecule has 0 aromatic heterocycles. The molecule has 1 aliphatic rings. The van der Waals surface area contributed by atoms with Crippen molar-refractivity contribution in [1.29, 1.82) is 0 Å². The van der Waals surface area contributed by atoms with Crippen LogP contribution in [0.5, 0.6) is 11.5 Å². The highest BCUT2D eigenvalue weighted by Gasteiger charge is 2.26. The number of anilines is 3. The Kier molecular flexibility index (Phi) is 4.91. The molecule has 4 rings (SSSR count). The van der Waals surface area contributed by atoms with Crippen molar-refractivity contribution >= 4 is 28.9 Å². The molecule has 30 heavy (non-hydrogen) atoms. The van der Waals surface area contributed by atoms with E-state index in [-0.39, 0.29) is 11.8 Å². The van der Waals surface area contributed by atoms with E-state index in [0.717, 1.165) is 11.3 Å². The van der Waals surface area contributed by atoms with E-state index < -0.39 is 0 Å². The summed E-state index contributed by atoms with van der Waals surface area (Å²) < 4.78 is 6.00. The number of ether oxygens (including phenoxy) is 1. The highest BCUT2D eigenvalue weighted by molar-refractivity contribution is 6.11.